The summed E-state index contributed by atoms with van der Waals surface area (Å²) >= 11 is 9.18. The predicted molar refractivity (Wildman–Crippen MR) is 75.3 cm³/mol. The molecule has 1 fully saturated rings. The number of hydrogen-bond acceptors (Lipinski definition) is 3. The van der Waals surface area contributed by atoms with E-state index in [1.165, 1.54) is 12.1 Å². The second kappa shape index (κ2) is 5.40. The van der Waals surface area contributed by atoms with Crippen molar-refractivity contribution in [1.29, 1.82) is 0 Å². The lowest BCUT2D eigenvalue weighted by Crippen LogP contribution is -2.43. The van der Waals surface area contributed by atoms with Gasteiger partial charge in [0.25, 0.3) is 0 Å². The molecule has 1 unspecified atom stereocenters. The molecule has 1 amide bonds. The van der Waals surface area contributed by atoms with Crippen molar-refractivity contribution in [1.82, 2.24) is 4.31 Å². The monoisotopic (exact) mass is 366 g/mol. The van der Waals surface area contributed by atoms with Crippen molar-refractivity contribution < 1.29 is 13.2 Å². The molecule has 1 aromatic carbocycles. The van der Waals surface area contributed by atoms with E-state index in [0.29, 0.717) is 17.3 Å². The van der Waals surface area contributed by atoms with Gasteiger partial charge in [-0.1, -0.05) is 27.5 Å². The Morgan fingerprint density at radius 2 is 2.16 bits per heavy atom. The van der Waals surface area contributed by atoms with Crippen LogP contribution in [-0.2, 0) is 14.8 Å². The standard InChI is InChI=1S/C11H12BrClN2O3S/c12-7-3-4-10(8(13)6-7)19(17,18)15-5-1-2-9(15)11(14)16/h3-4,6,9H,1-2,5H2,(H2,14,16). The lowest BCUT2D eigenvalue weighted by molar-refractivity contribution is -0.121. The number of amides is 1. The zero-order valence-corrected chi connectivity index (χ0v) is 13.0. The van der Waals surface area contributed by atoms with Gasteiger partial charge in [0.1, 0.15) is 10.9 Å². The second-order valence-corrected chi connectivity index (χ2v) is 7.43. The Morgan fingerprint density at radius 1 is 1.47 bits per heavy atom. The number of halogens is 2. The number of nitrogens with two attached hydrogens (primary N) is 1. The number of hydrogen-bond donors (Lipinski definition) is 1. The van der Waals surface area contributed by atoms with Crippen LogP contribution >= 0.6 is 27.5 Å². The van der Waals surface area contributed by atoms with Crippen LogP contribution in [0.3, 0.4) is 0 Å². The van der Waals surface area contributed by atoms with Crippen molar-refractivity contribution in [2.45, 2.75) is 23.8 Å². The van der Waals surface area contributed by atoms with Gasteiger partial charge in [-0.15, -0.1) is 0 Å². The highest BCUT2D eigenvalue weighted by Crippen LogP contribution is 2.31. The van der Waals surface area contributed by atoms with Crippen LogP contribution in [0.4, 0.5) is 0 Å². The average Bonchev–Trinajstić information content (AvgIpc) is 2.77. The van der Waals surface area contributed by atoms with E-state index >= 15 is 0 Å². The van der Waals surface area contributed by atoms with Gasteiger partial charge in [-0.3, -0.25) is 4.79 Å². The van der Waals surface area contributed by atoms with Crippen molar-refractivity contribution >= 4 is 43.5 Å². The van der Waals surface area contributed by atoms with Gasteiger partial charge in [0.15, 0.2) is 0 Å². The third-order valence-electron chi connectivity index (χ3n) is 3.01. The van der Waals surface area contributed by atoms with Gasteiger partial charge in [-0.05, 0) is 31.0 Å². The Bertz CT molecular complexity index is 620. The third-order valence-corrected chi connectivity index (χ3v) is 5.90. The van der Waals surface area contributed by atoms with Crippen LogP contribution in [0.1, 0.15) is 12.8 Å². The molecule has 1 atom stereocenters. The minimum Gasteiger partial charge on any atom is -0.368 e. The van der Waals surface area contributed by atoms with E-state index in [-0.39, 0.29) is 16.5 Å². The maximum atomic E-state index is 12.5. The van der Waals surface area contributed by atoms with Gasteiger partial charge in [-0.25, -0.2) is 8.42 Å². The summed E-state index contributed by atoms with van der Waals surface area (Å²) in [6.45, 7) is 0.280. The van der Waals surface area contributed by atoms with E-state index in [2.05, 4.69) is 15.9 Å². The quantitative estimate of drug-likeness (QED) is 0.883. The first-order chi connectivity index (χ1) is 8.84. The number of benzene rings is 1. The zero-order chi connectivity index (χ0) is 14.2. The maximum absolute atomic E-state index is 12.5. The number of rotatable bonds is 3. The van der Waals surface area contributed by atoms with Crippen molar-refractivity contribution in [3.05, 3.63) is 27.7 Å². The molecular formula is C11H12BrClN2O3S. The van der Waals surface area contributed by atoms with Crippen LogP contribution in [0.25, 0.3) is 0 Å². The molecule has 2 rings (SSSR count). The summed E-state index contributed by atoms with van der Waals surface area (Å²) in [5.41, 5.74) is 5.24. The fraction of sp³-hybridized carbons (Fsp3) is 0.364. The third kappa shape index (κ3) is 2.79. The second-order valence-electron chi connectivity index (χ2n) is 4.25. The number of sulfonamides is 1. The molecule has 0 aromatic heterocycles. The summed E-state index contributed by atoms with van der Waals surface area (Å²) in [7, 11) is -3.80. The number of nitrogens with zero attached hydrogens (tertiary/aromatic N) is 1. The van der Waals surface area contributed by atoms with E-state index in [4.69, 9.17) is 17.3 Å². The fourth-order valence-corrected chi connectivity index (χ4v) is 4.80. The van der Waals surface area contributed by atoms with Crippen molar-refractivity contribution in [2.75, 3.05) is 6.54 Å². The summed E-state index contributed by atoms with van der Waals surface area (Å²) in [6.07, 6.45) is 1.06. The van der Waals surface area contributed by atoms with Crippen LogP contribution in [0.2, 0.25) is 5.02 Å². The smallest absolute Gasteiger partial charge is 0.245 e. The highest BCUT2D eigenvalue weighted by atomic mass is 79.9. The molecule has 5 nitrogen and oxygen atoms in total. The largest absolute Gasteiger partial charge is 0.368 e. The Labute approximate surface area is 124 Å². The molecule has 1 aromatic rings. The van der Waals surface area contributed by atoms with Gasteiger partial charge in [0.05, 0.1) is 5.02 Å². The SMILES string of the molecule is NC(=O)C1CCCN1S(=O)(=O)c1ccc(Br)cc1Cl. The molecule has 0 aliphatic carbocycles. The molecule has 19 heavy (non-hydrogen) atoms. The fourth-order valence-electron chi connectivity index (χ4n) is 2.12. The van der Waals surface area contributed by atoms with Crippen LogP contribution in [-0.4, -0.2) is 31.2 Å². The van der Waals surface area contributed by atoms with E-state index in [0.717, 1.165) is 4.31 Å². The van der Waals surface area contributed by atoms with Gasteiger partial charge in [0.2, 0.25) is 15.9 Å². The molecular weight excluding hydrogens is 356 g/mol. The maximum Gasteiger partial charge on any atom is 0.245 e. The van der Waals surface area contributed by atoms with Crippen LogP contribution in [0.15, 0.2) is 27.6 Å². The molecule has 104 valence electrons. The predicted octanol–water partition coefficient (Wildman–Crippen LogP) is 1.74. The van der Waals surface area contributed by atoms with Gasteiger partial charge >= 0.3 is 0 Å². The molecule has 0 spiro atoms. The first-order valence-electron chi connectivity index (χ1n) is 5.60. The normalized spacial score (nSPS) is 20.6. The van der Waals surface area contributed by atoms with Gasteiger partial charge in [0, 0.05) is 11.0 Å². The van der Waals surface area contributed by atoms with Crippen LogP contribution < -0.4 is 5.73 Å². The molecule has 0 radical (unpaired) electrons. The Balaban J connectivity index is 2.45. The first kappa shape index (κ1) is 14.8. The summed E-state index contributed by atoms with van der Waals surface area (Å²) < 4.78 is 26.8. The number of carbonyl (C=O) groups is 1. The summed E-state index contributed by atoms with van der Waals surface area (Å²) in [6, 6.07) is 3.72. The lowest BCUT2D eigenvalue weighted by atomic mass is 10.2. The molecule has 1 saturated heterocycles. The van der Waals surface area contributed by atoms with Gasteiger partial charge in [-0.2, -0.15) is 4.31 Å². The summed E-state index contributed by atoms with van der Waals surface area (Å²) in [5.74, 6) is -0.630. The topological polar surface area (TPSA) is 80.5 Å². The Morgan fingerprint density at radius 3 is 2.74 bits per heavy atom. The lowest BCUT2D eigenvalue weighted by Gasteiger charge is -2.22. The molecule has 2 N–H and O–H groups in total. The van der Waals surface area contributed by atoms with Crippen molar-refractivity contribution in [3.8, 4) is 0 Å². The Hall–Kier alpha value is -0.630. The molecule has 1 aliphatic heterocycles. The number of carbonyl (C=O) groups excluding carboxylic acids is 1. The molecule has 0 bridgehead atoms. The molecule has 1 heterocycles. The van der Waals surface area contributed by atoms with Crippen molar-refractivity contribution in [3.63, 3.8) is 0 Å². The molecule has 8 heteroatoms. The minimum absolute atomic E-state index is 0.00878. The molecule has 0 saturated carbocycles. The van der Waals surface area contributed by atoms with Crippen LogP contribution in [0, 0.1) is 0 Å². The highest BCUT2D eigenvalue weighted by Gasteiger charge is 2.39. The highest BCUT2D eigenvalue weighted by molar-refractivity contribution is 9.10. The van der Waals surface area contributed by atoms with E-state index in [9.17, 15) is 13.2 Å². The van der Waals surface area contributed by atoms with E-state index in [1.807, 2.05) is 0 Å². The number of primary amides is 1. The summed E-state index contributed by atoms with van der Waals surface area (Å²) in [5, 5.41) is 0.115. The van der Waals surface area contributed by atoms with Gasteiger partial charge < -0.3 is 5.73 Å². The van der Waals surface area contributed by atoms with Crippen molar-refractivity contribution in [2.24, 2.45) is 5.73 Å². The molecule has 1 aliphatic rings. The zero-order valence-electron chi connectivity index (χ0n) is 9.84. The average molecular weight is 368 g/mol. The summed E-state index contributed by atoms with van der Waals surface area (Å²) in [4.78, 5) is 11.3. The van der Waals surface area contributed by atoms with Crippen LogP contribution in [0.5, 0.6) is 0 Å². The van der Waals surface area contributed by atoms with E-state index in [1.54, 1.807) is 6.07 Å². The van der Waals surface area contributed by atoms with E-state index < -0.39 is 22.0 Å². The minimum atomic E-state index is -3.80. The first-order valence-corrected chi connectivity index (χ1v) is 8.21. The Kier molecular flexibility index (Phi) is 4.20.